The molecule has 5 rings (SSSR count). The summed E-state index contributed by atoms with van der Waals surface area (Å²) in [4.78, 5) is 52.0. The first-order chi connectivity index (χ1) is 20.2. The fourth-order valence-electron chi connectivity index (χ4n) is 4.83. The van der Waals surface area contributed by atoms with Crippen molar-refractivity contribution >= 4 is 62.5 Å². The Bertz CT molecular complexity index is 1500. The van der Waals surface area contributed by atoms with Crippen LogP contribution in [0.5, 0.6) is 11.5 Å². The molecule has 14 nitrogen and oxygen atoms in total. The molecule has 2 amide bonds. The third-order valence-electron chi connectivity index (χ3n) is 7.11. The molecule has 2 aromatic heterocycles. The van der Waals surface area contributed by atoms with Gasteiger partial charge in [0.05, 0.1) is 6.54 Å². The van der Waals surface area contributed by atoms with E-state index in [1.54, 1.807) is 4.90 Å². The van der Waals surface area contributed by atoms with Gasteiger partial charge in [0.25, 0.3) is 5.91 Å². The number of nitrogens with two attached hydrogens (primary N) is 2. The summed E-state index contributed by atoms with van der Waals surface area (Å²) in [5.41, 5.74) is 12.5. The van der Waals surface area contributed by atoms with E-state index in [2.05, 4.69) is 35.8 Å². The quantitative estimate of drug-likeness (QED) is 0.267. The van der Waals surface area contributed by atoms with E-state index in [0.717, 1.165) is 33.8 Å². The number of ether oxygens (including phenoxy) is 3. The van der Waals surface area contributed by atoms with Gasteiger partial charge in [-0.1, -0.05) is 11.8 Å². The van der Waals surface area contributed by atoms with Crippen molar-refractivity contribution in [2.24, 2.45) is 11.7 Å². The van der Waals surface area contributed by atoms with Crippen LogP contribution >= 0.6 is 27.7 Å². The van der Waals surface area contributed by atoms with Gasteiger partial charge in [0.15, 0.2) is 39.7 Å². The fraction of sp³-hybridized carbons (Fsp3) is 0.462. The Labute approximate surface area is 254 Å². The molecule has 42 heavy (non-hydrogen) atoms. The van der Waals surface area contributed by atoms with Crippen LogP contribution in [0.4, 0.5) is 5.82 Å². The van der Waals surface area contributed by atoms with E-state index >= 15 is 0 Å². The molecular formula is C26H31BrN8O6S. The Balaban J connectivity index is 1.20. The van der Waals surface area contributed by atoms with Crippen LogP contribution in [0.15, 0.2) is 33.0 Å². The highest BCUT2D eigenvalue weighted by atomic mass is 79.9. The molecule has 2 aliphatic heterocycles. The lowest BCUT2D eigenvalue weighted by atomic mass is 9.93. The highest BCUT2D eigenvalue weighted by Crippen LogP contribution is 2.43. The number of halogens is 1. The average Bonchev–Trinajstić information content (AvgIpc) is 3.59. The van der Waals surface area contributed by atoms with Gasteiger partial charge in [-0.2, -0.15) is 0 Å². The zero-order chi connectivity index (χ0) is 29.8. The van der Waals surface area contributed by atoms with Gasteiger partial charge < -0.3 is 40.5 Å². The van der Waals surface area contributed by atoms with Crippen LogP contribution in [0, 0.1) is 5.92 Å². The first-order valence-corrected chi connectivity index (χ1v) is 15.0. The molecule has 1 fully saturated rings. The summed E-state index contributed by atoms with van der Waals surface area (Å²) in [7, 11) is 0. The number of likely N-dealkylation sites (tertiary alicyclic amines) is 1. The normalized spacial score (nSPS) is 15.5. The van der Waals surface area contributed by atoms with Crippen molar-refractivity contribution in [2.45, 2.75) is 48.9 Å². The molecule has 0 bridgehead atoms. The van der Waals surface area contributed by atoms with Crippen molar-refractivity contribution in [3.8, 4) is 11.5 Å². The minimum absolute atomic E-state index is 0.184. The molecule has 224 valence electrons. The SMILES string of the molecule is C[C@H](OC(=O)CNC(=O)CN)C(=O)N1CCC(CCn2c(Sc3cc4c(cc3Br)OCO4)nc3c(N)ncnc32)CC1. The van der Waals surface area contributed by atoms with Crippen molar-refractivity contribution < 1.29 is 28.6 Å². The van der Waals surface area contributed by atoms with Crippen molar-refractivity contribution in [2.75, 3.05) is 38.7 Å². The van der Waals surface area contributed by atoms with Crippen LogP contribution in [0.25, 0.3) is 11.2 Å². The van der Waals surface area contributed by atoms with Gasteiger partial charge in [0.2, 0.25) is 12.7 Å². The number of aryl methyl sites for hydroxylation is 1. The molecule has 0 saturated carbocycles. The maximum absolute atomic E-state index is 12.9. The van der Waals surface area contributed by atoms with Crippen molar-refractivity contribution in [1.29, 1.82) is 0 Å². The van der Waals surface area contributed by atoms with Gasteiger partial charge in [-0.05, 0) is 60.2 Å². The highest BCUT2D eigenvalue weighted by Gasteiger charge is 2.29. The number of hydrogen-bond donors (Lipinski definition) is 3. The smallest absolute Gasteiger partial charge is 0.326 e. The monoisotopic (exact) mass is 662 g/mol. The molecule has 16 heteroatoms. The number of carbonyl (C=O) groups excluding carboxylic acids is 3. The maximum atomic E-state index is 12.9. The van der Waals surface area contributed by atoms with E-state index in [1.165, 1.54) is 25.0 Å². The lowest BCUT2D eigenvalue weighted by molar-refractivity contribution is -0.159. The summed E-state index contributed by atoms with van der Waals surface area (Å²) in [5, 5.41) is 3.06. The van der Waals surface area contributed by atoms with E-state index < -0.39 is 18.0 Å². The first kappa shape index (κ1) is 29.8. The van der Waals surface area contributed by atoms with Gasteiger partial charge in [-0.25, -0.2) is 15.0 Å². The first-order valence-electron chi connectivity index (χ1n) is 13.4. The van der Waals surface area contributed by atoms with Crippen LogP contribution in [-0.4, -0.2) is 81.3 Å². The molecule has 3 aromatic rings. The topological polar surface area (TPSA) is 190 Å². The predicted octanol–water partition coefficient (Wildman–Crippen LogP) is 1.69. The second-order valence-corrected chi connectivity index (χ2v) is 11.7. The molecule has 0 spiro atoms. The molecule has 1 saturated heterocycles. The molecule has 0 unspecified atom stereocenters. The zero-order valence-electron chi connectivity index (χ0n) is 22.9. The average molecular weight is 664 g/mol. The van der Waals surface area contributed by atoms with Crippen LogP contribution in [0.1, 0.15) is 26.2 Å². The minimum atomic E-state index is -0.943. The lowest BCUT2D eigenvalue weighted by Crippen LogP contribution is -2.45. The van der Waals surface area contributed by atoms with Crippen molar-refractivity contribution in [1.82, 2.24) is 29.7 Å². The van der Waals surface area contributed by atoms with Crippen LogP contribution in [0.3, 0.4) is 0 Å². The molecule has 0 aliphatic carbocycles. The number of esters is 1. The Hall–Kier alpha value is -3.63. The third-order valence-corrected chi connectivity index (χ3v) is 9.08. The van der Waals surface area contributed by atoms with E-state index in [4.69, 9.17) is 30.7 Å². The number of nitrogens with zero attached hydrogens (tertiary/aromatic N) is 5. The van der Waals surface area contributed by atoms with E-state index in [0.29, 0.717) is 54.0 Å². The molecule has 4 heterocycles. The third kappa shape index (κ3) is 6.71. The van der Waals surface area contributed by atoms with Crippen LogP contribution < -0.4 is 26.3 Å². The molecular weight excluding hydrogens is 632 g/mol. The van der Waals surface area contributed by atoms with Gasteiger partial charge in [0, 0.05) is 29.0 Å². The number of fused-ring (bicyclic) bond motifs is 2. The van der Waals surface area contributed by atoms with Gasteiger partial charge in [-0.3, -0.25) is 14.4 Å². The van der Waals surface area contributed by atoms with Crippen LogP contribution in [-0.2, 0) is 25.7 Å². The number of anilines is 1. The van der Waals surface area contributed by atoms with E-state index in [9.17, 15) is 14.4 Å². The Kier molecular flexibility index (Phi) is 9.33. The summed E-state index contributed by atoms with van der Waals surface area (Å²) >= 11 is 5.09. The number of carbonyl (C=O) groups is 3. The molecule has 1 atom stereocenters. The number of nitrogen functional groups attached to an aromatic ring is 1. The summed E-state index contributed by atoms with van der Waals surface area (Å²) in [6.07, 6.45) is 2.95. The summed E-state index contributed by atoms with van der Waals surface area (Å²) < 4.78 is 19.1. The molecule has 5 N–H and O–H groups in total. The summed E-state index contributed by atoms with van der Waals surface area (Å²) in [6.45, 7) is 2.92. The maximum Gasteiger partial charge on any atom is 0.326 e. The zero-order valence-corrected chi connectivity index (χ0v) is 25.3. The number of amides is 2. The van der Waals surface area contributed by atoms with Crippen LogP contribution in [0.2, 0.25) is 0 Å². The van der Waals surface area contributed by atoms with Crippen molar-refractivity contribution in [3.05, 3.63) is 22.9 Å². The van der Waals surface area contributed by atoms with E-state index in [1.807, 2.05) is 12.1 Å². The highest BCUT2D eigenvalue weighted by molar-refractivity contribution is 9.10. The Morgan fingerprint density at radius 1 is 1.21 bits per heavy atom. The van der Waals surface area contributed by atoms with Gasteiger partial charge >= 0.3 is 5.97 Å². The second-order valence-electron chi connectivity index (χ2n) is 9.89. The van der Waals surface area contributed by atoms with Gasteiger partial charge in [0.1, 0.15) is 12.9 Å². The number of imidazole rings is 1. The molecule has 1 aromatic carbocycles. The Morgan fingerprint density at radius 2 is 1.95 bits per heavy atom. The standard InChI is InChI=1S/C26H31BrN8O6S/c1-14(41-21(37)11-30-20(36)10-28)25(38)34-5-2-15(3-6-34)4-7-35-24-22(23(29)31-12-32-24)33-26(35)42-19-9-18-17(8-16(19)27)39-13-40-18/h8-9,12,14-15H,2-7,10-11,13,28H2,1H3,(H,30,36)(H2,29,31,32)/t14-/m0/s1. The second kappa shape index (κ2) is 13.1. The summed E-state index contributed by atoms with van der Waals surface area (Å²) in [6, 6.07) is 3.79. The number of rotatable bonds is 10. The number of nitrogens with one attached hydrogen (secondary N) is 1. The molecule has 0 radical (unpaired) electrons. The van der Waals surface area contributed by atoms with E-state index in [-0.39, 0.29) is 25.8 Å². The number of benzene rings is 1. The Morgan fingerprint density at radius 3 is 2.69 bits per heavy atom. The van der Waals surface area contributed by atoms with Crippen molar-refractivity contribution in [3.63, 3.8) is 0 Å². The van der Waals surface area contributed by atoms with Gasteiger partial charge in [-0.15, -0.1) is 0 Å². The molecule has 2 aliphatic rings. The predicted molar refractivity (Wildman–Crippen MR) is 156 cm³/mol. The fourth-order valence-corrected chi connectivity index (χ4v) is 6.34. The number of aromatic nitrogens is 4. The minimum Gasteiger partial charge on any atom is -0.454 e. The summed E-state index contributed by atoms with van der Waals surface area (Å²) in [5.74, 6) is 0.617. The largest absolute Gasteiger partial charge is 0.454 e. The lowest BCUT2D eigenvalue weighted by Gasteiger charge is -2.33. The number of hydrogen-bond acceptors (Lipinski definition) is 12. The number of piperidine rings is 1.